The van der Waals surface area contributed by atoms with Crippen molar-refractivity contribution in [1.82, 2.24) is 5.32 Å². The van der Waals surface area contributed by atoms with Crippen molar-refractivity contribution in [3.05, 3.63) is 58.1 Å². The molecule has 8 heteroatoms. The second kappa shape index (κ2) is 12.0. The summed E-state index contributed by atoms with van der Waals surface area (Å²) in [6.07, 6.45) is 5.94. The molecule has 0 spiro atoms. The number of carbonyl (C=O) groups is 2. The topological polar surface area (TPSA) is 67.9 Å². The summed E-state index contributed by atoms with van der Waals surface area (Å²) in [7, 11) is 0. The van der Waals surface area contributed by atoms with Gasteiger partial charge in [0.05, 0.1) is 23.4 Å². The van der Waals surface area contributed by atoms with E-state index >= 15 is 0 Å². The van der Waals surface area contributed by atoms with Crippen LogP contribution in [0, 0.1) is 0 Å². The van der Waals surface area contributed by atoms with E-state index in [0.29, 0.717) is 40.4 Å². The molecule has 33 heavy (non-hydrogen) atoms. The summed E-state index contributed by atoms with van der Waals surface area (Å²) in [6, 6.07) is 12.5. The Balaban J connectivity index is 1.89. The van der Waals surface area contributed by atoms with Crippen molar-refractivity contribution in [2.75, 3.05) is 18.1 Å². The first kappa shape index (κ1) is 24.9. The first-order valence-corrected chi connectivity index (χ1v) is 12.2. The Bertz CT molecular complexity index is 1060. The summed E-state index contributed by atoms with van der Waals surface area (Å²) in [4.78, 5) is 27.1. The fraction of sp³-hybridized carbons (Fsp3) is 0.320. The van der Waals surface area contributed by atoms with Gasteiger partial charge in [0.1, 0.15) is 5.57 Å². The zero-order valence-corrected chi connectivity index (χ0v) is 21.1. The average Bonchev–Trinajstić information content (AvgIpc) is 2.79. The highest BCUT2D eigenvalue weighted by atomic mass is 79.9. The Kier molecular flexibility index (Phi) is 9.03. The summed E-state index contributed by atoms with van der Waals surface area (Å²) < 4.78 is 12.5. The minimum Gasteiger partial charge on any atom is -0.490 e. The van der Waals surface area contributed by atoms with Crippen molar-refractivity contribution in [2.45, 2.75) is 39.5 Å². The molecule has 0 unspecified atom stereocenters. The summed E-state index contributed by atoms with van der Waals surface area (Å²) >= 11 is 8.80. The lowest BCUT2D eigenvalue weighted by atomic mass is 10.1. The summed E-state index contributed by atoms with van der Waals surface area (Å²) in [5.74, 6) is 0.137. The van der Waals surface area contributed by atoms with Gasteiger partial charge in [-0.2, -0.15) is 0 Å². The van der Waals surface area contributed by atoms with Crippen LogP contribution in [0.3, 0.4) is 0 Å². The molecule has 0 saturated carbocycles. The number of carbonyl (C=O) groups excluding carboxylic acids is 2. The number of unbranched alkanes of at least 4 members (excludes halogenated alkanes) is 3. The van der Waals surface area contributed by atoms with Gasteiger partial charge in [-0.25, -0.2) is 0 Å². The molecule has 1 N–H and O–H groups in total. The van der Waals surface area contributed by atoms with E-state index in [1.165, 1.54) is 17.4 Å². The lowest BCUT2D eigenvalue weighted by Crippen LogP contribution is -2.54. The molecule has 2 amide bonds. The third kappa shape index (κ3) is 6.21. The molecule has 0 aromatic heterocycles. The van der Waals surface area contributed by atoms with Crippen LogP contribution < -0.4 is 19.7 Å². The molecule has 0 atom stereocenters. The maximum absolute atomic E-state index is 13.2. The maximum atomic E-state index is 13.2. The van der Waals surface area contributed by atoms with Crippen molar-refractivity contribution in [2.24, 2.45) is 0 Å². The standard InChI is InChI=1S/C25H27BrN2O4S/c1-3-5-6-10-13-32-22-20(26)15-17(16-21(22)31-4-2)14-19-23(29)27-25(33)28(24(19)30)18-11-8-7-9-12-18/h7-9,11-12,14-16H,3-6,10,13H2,1-2H3,(H,27,29,33)/b19-14-. The smallest absolute Gasteiger partial charge is 0.270 e. The lowest BCUT2D eigenvalue weighted by Gasteiger charge is -2.28. The van der Waals surface area contributed by atoms with Crippen LogP contribution in [0.2, 0.25) is 0 Å². The van der Waals surface area contributed by atoms with Crippen molar-refractivity contribution >= 4 is 56.8 Å². The molecule has 1 aliphatic heterocycles. The number of thiocarbonyl (C=S) groups is 1. The number of para-hydroxylation sites is 1. The van der Waals surface area contributed by atoms with Gasteiger partial charge in [-0.1, -0.05) is 44.4 Å². The van der Waals surface area contributed by atoms with Gasteiger partial charge >= 0.3 is 0 Å². The molecule has 0 radical (unpaired) electrons. The van der Waals surface area contributed by atoms with Gasteiger partial charge in [0.15, 0.2) is 16.6 Å². The highest BCUT2D eigenvalue weighted by molar-refractivity contribution is 9.10. The molecule has 1 fully saturated rings. The molecule has 0 bridgehead atoms. The van der Waals surface area contributed by atoms with E-state index in [9.17, 15) is 9.59 Å². The van der Waals surface area contributed by atoms with E-state index in [-0.39, 0.29) is 10.7 Å². The Morgan fingerprint density at radius 2 is 1.82 bits per heavy atom. The van der Waals surface area contributed by atoms with Crippen LogP contribution in [-0.2, 0) is 9.59 Å². The van der Waals surface area contributed by atoms with Gasteiger partial charge < -0.3 is 9.47 Å². The molecule has 2 aromatic carbocycles. The van der Waals surface area contributed by atoms with Crippen LogP contribution in [0.15, 0.2) is 52.5 Å². The molecule has 6 nitrogen and oxygen atoms in total. The van der Waals surface area contributed by atoms with Crippen molar-refractivity contribution < 1.29 is 19.1 Å². The quantitative estimate of drug-likeness (QED) is 0.186. The third-order valence-corrected chi connectivity index (χ3v) is 5.88. The van der Waals surface area contributed by atoms with E-state index in [1.807, 2.05) is 13.0 Å². The number of benzene rings is 2. The number of anilines is 1. The number of halogens is 1. The Hall–Kier alpha value is -2.71. The van der Waals surface area contributed by atoms with Gasteiger partial charge in [-0.05, 0) is 77.4 Å². The monoisotopic (exact) mass is 530 g/mol. The highest BCUT2D eigenvalue weighted by Crippen LogP contribution is 2.38. The first-order chi connectivity index (χ1) is 16.0. The molecule has 2 aromatic rings. The van der Waals surface area contributed by atoms with Crippen LogP contribution in [-0.4, -0.2) is 30.1 Å². The average molecular weight is 531 g/mol. The van der Waals surface area contributed by atoms with Crippen LogP contribution in [0.25, 0.3) is 6.08 Å². The molecule has 1 heterocycles. The van der Waals surface area contributed by atoms with E-state index in [0.717, 1.165) is 19.3 Å². The minimum atomic E-state index is -0.539. The molecule has 3 rings (SSSR count). The summed E-state index contributed by atoms with van der Waals surface area (Å²) in [5, 5.41) is 2.65. The van der Waals surface area contributed by atoms with E-state index in [4.69, 9.17) is 21.7 Å². The van der Waals surface area contributed by atoms with Gasteiger partial charge in [0.2, 0.25) is 0 Å². The molecule has 174 valence electrons. The van der Waals surface area contributed by atoms with Gasteiger partial charge in [0, 0.05) is 0 Å². The van der Waals surface area contributed by atoms with Crippen molar-refractivity contribution in [3.8, 4) is 11.5 Å². The SMILES string of the molecule is CCCCCCOc1c(Br)cc(/C=C2/C(=O)NC(=S)N(c3ccccc3)C2=O)cc1OCC. The van der Waals surface area contributed by atoms with Gasteiger partial charge in [0.25, 0.3) is 11.8 Å². The number of nitrogens with one attached hydrogen (secondary N) is 1. The van der Waals surface area contributed by atoms with E-state index in [2.05, 4.69) is 28.2 Å². The predicted molar refractivity (Wildman–Crippen MR) is 138 cm³/mol. The Morgan fingerprint density at radius 3 is 2.52 bits per heavy atom. The van der Waals surface area contributed by atoms with Crippen LogP contribution >= 0.6 is 28.1 Å². The zero-order chi connectivity index (χ0) is 23.8. The fourth-order valence-electron chi connectivity index (χ4n) is 3.41. The van der Waals surface area contributed by atoms with Crippen molar-refractivity contribution in [1.29, 1.82) is 0 Å². The van der Waals surface area contributed by atoms with Gasteiger partial charge in [-0.15, -0.1) is 0 Å². The second-order valence-corrected chi connectivity index (χ2v) is 8.71. The largest absolute Gasteiger partial charge is 0.490 e. The lowest BCUT2D eigenvalue weighted by molar-refractivity contribution is -0.122. The number of amides is 2. The predicted octanol–water partition coefficient (Wildman–Crippen LogP) is 5.64. The Morgan fingerprint density at radius 1 is 1.06 bits per heavy atom. The molecule has 1 aliphatic rings. The van der Waals surface area contributed by atoms with Crippen LogP contribution in [0.1, 0.15) is 45.1 Å². The normalized spacial score (nSPS) is 15.1. The Labute approximate surface area is 208 Å². The molecule has 0 aliphatic carbocycles. The number of rotatable bonds is 10. The first-order valence-electron chi connectivity index (χ1n) is 11.0. The number of ether oxygens (including phenoxy) is 2. The van der Waals surface area contributed by atoms with Gasteiger partial charge in [-0.3, -0.25) is 19.8 Å². The van der Waals surface area contributed by atoms with E-state index < -0.39 is 11.8 Å². The van der Waals surface area contributed by atoms with Crippen molar-refractivity contribution in [3.63, 3.8) is 0 Å². The van der Waals surface area contributed by atoms with E-state index in [1.54, 1.807) is 36.4 Å². The number of hydrogen-bond acceptors (Lipinski definition) is 5. The van der Waals surface area contributed by atoms with Crippen LogP contribution in [0.4, 0.5) is 5.69 Å². The zero-order valence-electron chi connectivity index (χ0n) is 18.7. The number of nitrogens with zero attached hydrogens (tertiary/aromatic N) is 1. The summed E-state index contributed by atoms with van der Waals surface area (Å²) in [6.45, 7) is 5.10. The molecular weight excluding hydrogens is 504 g/mol. The second-order valence-electron chi connectivity index (χ2n) is 7.47. The highest BCUT2D eigenvalue weighted by Gasteiger charge is 2.34. The van der Waals surface area contributed by atoms with Crippen LogP contribution in [0.5, 0.6) is 11.5 Å². The maximum Gasteiger partial charge on any atom is 0.270 e. The molecular formula is C25H27BrN2O4S. The third-order valence-electron chi connectivity index (χ3n) is 5.00. The molecule has 1 saturated heterocycles. The number of hydrogen-bond donors (Lipinski definition) is 1. The fourth-order valence-corrected chi connectivity index (χ4v) is 4.27. The minimum absolute atomic E-state index is 0.0185. The summed E-state index contributed by atoms with van der Waals surface area (Å²) in [5.41, 5.74) is 1.19.